The molecular weight excluding hydrogens is 184 g/mol. The molecular formula is C9H14N2OS. The average molecular weight is 198 g/mol. The number of nitrogen functional groups attached to an aromatic ring is 1. The van der Waals surface area contributed by atoms with Crippen molar-refractivity contribution >= 4 is 17.6 Å². The summed E-state index contributed by atoms with van der Waals surface area (Å²) in [4.78, 5) is 0. The minimum atomic E-state index is 0.657. The second-order valence-electron chi connectivity index (χ2n) is 2.52. The van der Waals surface area contributed by atoms with E-state index in [9.17, 15) is 0 Å². The summed E-state index contributed by atoms with van der Waals surface area (Å²) in [5.74, 6) is 0.822. The molecule has 0 aromatic heterocycles. The summed E-state index contributed by atoms with van der Waals surface area (Å²) < 4.78 is 8.53. The zero-order valence-electron chi connectivity index (χ0n) is 7.62. The molecule has 13 heavy (non-hydrogen) atoms. The molecule has 72 valence electrons. The van der Waals surface area contributed by atoms with E-state index in [0.717, 1.165) is 18.0 Å². The molecule has 0 heterocycles. The normalized spacial score (nSPS) is 9.92. The van der Waals surface area contributed by atoms with E-state index in [1.165, 1.54) is 0 Å². The highest BCUT2D eigenvalue weighted by molar-refractivity contribution is 7.96. The molecule has 3 nitrogen and oxygen atoms in total. The van der Waals surface area contributed by atoms with Crippen molar-refractivity contribution in [2.75, 3.05) is 25.1 Å². The summed E-state index contributed by atoms with van der Waals surface area (Å²) in [5.41, 5.74) is 6.32. The fourth-order valence-corrected chi connectivity index (χ4v) is 1.20. The third kappa shape index (κ3) is 4.05. The van der Waals surface area contributed by atoms with Crippen LogP contribution in [0.5, 0.6) is 5.75 Å². The minimum Gasteiger partial charge on any atom is -0.492 e. The van der Waals surface area contributed by atoms with Crippen LogP contribution >= 0.6 is 11.9 Å². The number of benzene rings is 1. The van der Waals surface area contributed by atoms with Crippen molar-refractivity contribution in [3.05, 3.63) is 24.3 Å². The third-order valence-electron chi connectivity index (χ3n) is 1.48. The maximum atomic E-state index is 5.59. The van der Waals surface area contributed by atoms with Gasteiger partial charge in [-0.25, -0.2) is 0 Å². The van der Waals surface area contributed by atoms with Gasteiger partial charge in [0.15, 0.2) is 0 Å². The quantitative estimate of drug-likeness (QED) is 0.428. The summed E-state index contributed by atoms with van der Waals surface area (Å²) in [7, 11) is 0. The van der Waals surface area contributed by atoms with Crippen molar-refractivity contribution in [3.8, 4) is 5.75 Å². The molecule has 0 radical (unpaired) electrons. The van der Waals surface area contributed by atoms with Crippen LogP contribution in [0, 0.1) is 0 Å². The van der Waals surface area contributed by atoms with Crippen LogP contribution in [0.25, 0.3) is 0 Å². The van der Waals surface area contributed by atoms with Crippen molar-refractivity contribution in [2.45, 2.75) is 0 Å². The summed E-state index contributed by atoms with van der Waals surface area (Å²) in [6, 6.07) is 7.44. The van der Waals surface area contributed by atoms with Gasteiger partial charge >= 0.3 is 0 Å². The van der Waals surface area contributed by atoms with Crippen LogP contribution < -0.4 is 15.2 Å². The predicted molar refractivity (Wildman–Crippen MR) is 57.9 cm³/mol. The SMILES string of the molecule is CSNCCOc1cccc(N)c1. The maximum absolute atomic E-state index is 5.59. The molecule has 0 unspecified atom stereocenters. The Morgan fingerprint density at radius 1 is 1.54 bits per heavy atom. The molecule has 0 aliphatic rings. The third-order valence-corrected chi connectivity index (χ3v) is 1.97. The molecule has 0 atom stereocenters. The number of anilines is 1. The van der Waals surface area contributed by atoms with Crippen LogP contribution in [0.15, 0.2) is 24.3 Å². The van der Waals surface area contributed by atoms with Gasteiger partial charge in [-0.15, -0.1) is 0 Å². The number of rotatable bonds is 5. The van der Waals surface area contributed by atoms with E-state index in [1.54, 1.807) is 11.9 Å². The van der Waals surface area contributed by atoms with Gasteiger partial charge in [-0.2, -0.15) is 0 Å². The first kappa shape index (κ1) is 10.2. The van der Waals surface area contributed by atoms with Crippen LogP contribution in [0.3, 0.4) is 0 Å². The van der Waals surface area contributed by atoms with Crippen LogP contribution in [0.4, 0.5) is 5.69 Å². The van der Waals surface area contributed by atoms with E-state index in [1.807, 2.05) is 30.5 Å². The monoisotopic (exact) mass is 198 g/mol. The first-order valence-corrected chi connectivity index (χ1v) is 5.29. The molecule has 0 fully saturated rings. The molecule has 4 heteroatoms. The highest BCUT2D eigenvalue weighted by atomic mass is 32.2. The van der Waals surface area contributed by atoms with Crippen LogP contribution in [0.1, 0.15) is 0 Å². The summed E-state index contributed by atoms with van der Waals surface area (Å²) in [5, 5.41) is 0. The Morgan fingerprint density at radius 2 is 2.38 bits per heavy atom. The standard InChI is InChI=1S/C9H14N2OS/c1-13-11-5-6-12-9-4-2-3-8(10)7-9/h2-4,7,11H,5-6,10H2,1H3. The predicted octanol–water partition coefficient (Wildman–Crippen LogP) is 1.52. The average Bonchev–Trinajstić information content (AvgIpc) is 2.13. The van der Waals surface area contributed by atoms with Gasteiger partial charge in [0.2, 0.25) is 0 Å². The zero-order chi connectivity index (χ0) is 9.52. The van der Waals surface area contributed by atoms with Crippen LogP contribution in [-0.2, 0) is 0 Å². The van der Waals surface area contributed by atoms with Crippen LogP contribution in [-0.4, -0.2) is 19.4 Å². The molecule has 0 bridgehead atoms. The van der Waals surface area contributed by atoms with Gasteiger partial charge in [0.05, 0.1) is 0 Å². The Hall–Kier alpha value is -0.870. The topological polar surface area (TPSA) is 47.3 Å². The van der Waals surface area contributed by atoms with Crippen molar-refractivity contribution in [2.24, 2.45) is 0 Å². The smallest absolute Gasteiger partial charge is 0.121 e. The Balaban J connectivity index is 2.28. The Bertz CT molecular complexity index is 255. The number of hydrogen-bond donors (Lipinski definition) is 2. The number of hydrogen-bond acceptors (Lipinski definition) is 4. The van der Waals surface area contributed by atoms with E-state index in [2.05, 4.69) is 4.72 Å². The van der Waals surface area contributed by atoms with E-state index in [-0.39, 0.29) is 0 Å². The largest absolute Gasteiger partial charge is 0.492 e. The molecule has 0 spiro atoms. The molecule has 0 aliphatic carbocycles. The molecule has 1 rings (SSSR count). The van der Waals surface area contributed by atoms with Gasteiger partial charge < -0.3 is 10.5 Å². The van der Waals surface area contributed by atoms with E-state index < -0.39 is 0 Å². The number of nitrogens with two attached hydrogens (primary N) is 1. The number of ether oxygens (including phenoxy) is 1. The fourth-order valence-electron chi connectivity index (χ4n) is 0.917. The Labute approximate surface area is 82.8 Å². The van der Waals surface area contributed by atoms with E-state index >= 15 is 0 Å². The molecule has 1 aromatic rings. The first-order chi connectivity index (χ1) is 6.33. The van der Waals surface area contributed by atoms with Gasteiger partial charge in [0.25, 0.3) is 0 Å². The zero-order valence-corrected chi connectivity index (χ0v) is 8.43. The van der Waals surface area contributed by atoms with Gasteiger partial charge in [-0.1, -0.05) is 18.0 Å². The fraction of sp³-hybridized carbons (Fsp3) is 0.333. The van der Waals surface area contributed by atoms with E-state index in [0.29, 0.717) is 6.61 Å². The molecule has 0 amide bonds. The second kappa shape index (κ2) is 5.72. The van der Waals surface area contributed by atoms with Gasteiger partial charge in [0, 0.05) is 18.3 Å². The maximum Gasteiger partial charge on any atom is 0.121 e. The summed E-state index contributed by atoms with van der Waals surface area (Å²) in [6.07, 6.45) is 1.99. The van der Waals surface area contributed by atoms with Crippen molar-refractivity contribution in [1.82, 2.24) is 4.72 Å². The molecule has 1 aromatic carbocycles. The Kier molecular flexibility index (Phi) is 4.49. The summed E-state index contributed by atoms with van der Waals surface area (Å²) in [6.45, 7) is 1.49. The van der Waals surface area contributed by atoms with Crippen molar-refractivity contribution in [1.29, 1.82) is 0 Å². The van der Waals surface area contributed by atoms with Gasteiger partial charge in [-0.3, -0.25) is 4.72 Å². The minimum absolute atomic E-state index is 0.657. The lowest BCUT2D eigenvalue weighted by molar-refractivity contribution is 0.325. The second-order valence-corrected chi connectivity index (χ2v) is 3.22. The van der Waals surface area contributed by atoms with E-state index in [4.69, 9.17) is 10.5 Å². The molecule has 3 N–H and O–H groups in total. The lowest BCUT2D eigenvalue weighted by Gasteiger charge is -2.06. The van der Waals surface area contributed by atoms with Crippen molar-refractivity contribution in [3.63, 3.8) is 0 Å². The Morgan fingerprint density at radius 3 is 3.08 bits per heavy atom. The highest BCUT2D eigenvalue weighted by Gasteiger charge is 1.92. The molecule has 0 aliphatic heterocycles. The van der Waals surface area contributed by atoms with Gasteiger partial charge in [0.1, 0.15) is 12.4 Å². The number of nitrogens with one attached hydrogen (secondary N) is 1. The highest BCUT2D eigenvalue weighted by Crippen LogP contribution is 2.13. The molecule has 0 saturated carbocycles. The van der Waals surface area contributed by atoms with Gasteiger partial charge in [-0.05, 0) is 18.4 Å². The first-order valence-electron chi connectivity index (χ1n) is 4.07. The molecule has 0 saturated heterocycles. The lowest BCUT2D eigenvalue weighted by atomic mass is 10.3. The van der Waals surface area contributed by atoms with Crippen LogP contribution in [0.2, 0.25) is 0 Å². The van der Waals surface area contributed by atoms with Crippen molar-refractivity contribution < 1.29 is 4.74 Å². The summed E-state index contributed by atoms with van der Waals surface area (Å²) >= 11 is 1.59. The lowest BCUT2D eigenvalue weighted by Crippen LogP contribution is -2.13.